The second-order valence-corrected chi connectivity index (χ2v) is 7.82. The van der Waals surface area contributed by atoms with E-state index in [9.17, 15) is 14.3 Å². The maximum Gasteiger partial charge on any atom is 0.306 e. The van der Waals surface area contributed by atoms with Crippen LogP contribution in [0.4, 0.5) is 4.39 Å². The molecule has 1 saturated carbocycles. The molecule has 156 valence electrons. The molecule has 1 aromatic heterocycles. The van der Waals surface area contributed by atoms with Crippen molar-refractivity contribution in [3.8, 4) is 23.1 Å². The SMILES string of the molecule is CC(C)c1nc(O[C@H]2C[C@H](C(=O)O)C2)c2cc(O)ccc2c1Oc1ccc(F)cc1. The molecule has 0 bridgehead atoms. The first-order chi connectivity index (χ1) is 14.3. The number of aromatic nitrogens is 1. The third kappa shape index (κ3) is 3.87. The van der Waals surface area contributed by atoms with Gasteiger partial charge in [0.05, 0.1) is 17.0 Å². The number of hydrogen-bond acceptors (Lipinski definition) is 5. The average molecular weight is 411 g/mol. The summed E-state index contributed by atoms with van der Waals surface area (Å²) in [7, 11) is 0. The lowest BCUT2D eigenvalue weighted by Crippen LogP contribution is -2.38. The number of fused-ring (bicyclic) bond motifs is 1. The number of phenols is 1. The predicted molar refractivity (Wildman–Crippen MR) is 109 cm³/mol. The number of phenolic OH excluding ortho intramolecular Hbond substituents is 1. The van der Waals surface area contributed by atoms with E-state index in [-0.39, 0.29) is 23.6 Å². The van der Waals surface area contributed by atoms with Gasteiger partial charge in [-0.15, -0.1) is 0 Å². The van der Waals surface area contributed by atoms with E-state index >= 15 is 0 Å². The summed E-state index contributed by atoms with van der Waals surface area (Å²) >= 11 is 0. The first-order valence-electron chi connectivity index (χ1n) is 9.81. The van der Waals surface area contributed by atoms with Gasteiger partial charge in [0.25, 0.3) is 0 Å². The summed E-state index contributed by atoms with van der Waals surface area (Å²) in [5.41, 5.74) is 0.654. The molecule has 0 radical (unpaired) electrons. The number of pyridine rings is 1. The van der Waals surface area contributed by atoms with Gasteiger partial charge in [-0.3, -0.25) is 4.79 Å². The van der Waals surface area contributed by atoms with Gasteiger partial charge >= 0.3 is 5.97 Å². The van der Waals surface area contributed by atoms with Crippen molar-refractivity contribution in [2.75, 3.05) is 0 Å². The number of aliphatic carboxylic acids is 1. The Hall–Kier alpha value is -3.35. The summed E-state index contributed by atoms with van der Waals surface area (Å²) in [4.78, 5) is 15.7. The van der Waals surface area contributed by atoms with Gasteiger partial charge in [-0.05, 0) is 61.2 Å². The minimum atomic E-state index is -0.823. The molecule has 0 aliphatic heterocycles. The minimum absolute atomic E-state index is 0.00541. The summed E-state index contributed by atoms with van der Waals surface area (Å²) in [6.07, 6.45) is 0.595. The van der Waals surface area contributed by atoms with Crippen LogP contribution in [-0.4, -0.2) is 27.3 Å². The Labute approximate surface area is 172 Å². The Kier molecular flexibility index (Phi) is 5.20. The number of benzene rings is 2. The smallest absolute Gasteiger partial charge is 0.306 e. The summed E-state index contributed by atoms with van der Waals surface area (Å²) in [6, 6.07) is 10.5. The van der Waals surface area contributed by atoms with Crippen LogP contribution in [0.5, 0.6) is 23.1 Å². The van der Waals surface area contributed by atoms with Crippen LogP contribution in [0.25, 0.3) is 10.8 Å². The Morgan fingerprint density at radius 2 is 1.83 bits per heavy atom. The van der Waals surface area contributed by atoms with Gasteiger partial charge in [0.2, 0.25) is 5.88 Å². The van der Waals surface area contributed by atoms with Crippen molar-refractivity contribution in [1.82, 2.24) is 4.98 Å². The van der Waals surface area contributed by atoms with Gasteiger partial charge < -0.3 is 19.7 Å². The minimum Gasteiger partial charge on any atom is -0.508 e. The molecule has 1 aliphatic carbocycles. The fourth-order valence-corrected chi connectivity index (χ4v) is 3.50. The van der Waals surface area contributed by atoms with Crippen LogP contribution < -0.4 is 9.47 Å². The van der Waals surface area contributed by atoms with E-state index in [0.29, 0.717) is 46.7 Å². The van der Waals surface area contributed by atoms with Crippen LogP contribution >= 0.6 is 0 Å². The molecule has 1 fully saturated rings. The predicted octanol–water partition coefficient (Wildman–Crippen LogP) is 5.24. The second-order valence-electron chi connectivity index (χ2n) is 7.82. The third-order valence-corrected chi connectivity index (χ3v) is 5.24. The van der Waals surface area contributed by atoms with Crippen LogP contribution in [0.1, 0.15) is 38.3 Å². The summed E-state index contributed by atoms with van der Waals surface area (Å²) in [5, 5.41) is 20.4. The lowest BCUT2D eigenvalue weighted by molar-refractivity contribution is -0.148. The highest BCUT2D eigenvalue weighted by atomic mass is 19.1. The average Bonchev–Trinajstić information content (AvgIpc) is 2.66. The summed E-state index contributed by atoms with van der Waals surface area (Å²) < 4.78 is 25.4. The molecule has 0 amide bonds. The first kappa shape index (κ1) is 19.9. The monoisotopic (exact) mass is 411 g/mol. The highest BCUT2D eigenvalue weighted by molar-refractivity contribution is 5.94. The largest absolute Gasteiger partial charge is 0.508 e. The molecule has 3 aromatic rings. The zero-order chi connectivity index (χ0) is 21.4. The molecule has 30 heavy (non-hydrogen) atoms. The van der Waals surface area contributed by atoms with E-state index in [1.807, 2.05) is 13.8 Å². The van der Waals surface area contributed by atoms with Gasteiger partial charge in [0, 0.05) is 5.39 Å². The molecule has 2 N–H and O–H groups in total. The quantitative estimate of drug-likeness (QED) is 0.577. The number of aromatic hydroxyl groups is 1. The van der Waals surface area contributed by atoms with Crippen LogP contribution in [-0.2, 0) is 4.79 Å². The lowest BCUT2D eigenvalue weighted by Gasteiger charge is -2.32. The highest BCUT2D eigenvalue weighted by Gasteiger charge is 2.37. The zero-order valence-electron chi connectivity index (χ0n) is 16.6. The fourth-order valence-electron chi connectivity index (χ4n) is 3.50. The normalized spacial score (nSPS) is 18.3. The molecule has 2 aromatic carbocycles. The molecule has 6 nitrogen and oxygen atoms in total. The number of carbonyl (C=O) groups is 1. The Morgan fingerprint density at radius 1 is 1.13 bits per heavy atom. The lowest BCUT2D eigenvalue weighted by atomic mass is 9.82. The van der Waals surface area contributed by atoms with Gasteiger partial charge in [0.1, 0.15) is 23.4 Å². The van der Waals surface area contributed by atoms with E-state index in [1.54, 1.807) is 18.2 Å². The molecule has 1 heterocycles. The number of hydrogen-bond donors (Lipinski definition) is 2. The van der Waals surface area contributed by atoms with Crippen molar-refractivity contribution in [2.24, 2.45) is 5.92 Å². The van der Waals surface area contributed by atoms with E-state index in [1.165, 1.54) is 24.3 Å². The summed E-state index contributed by atoms with van der Waals surface area (Å²) in [5.74, 6) is -0.225. The number of carboxylic acid groups (broad SMARTS) is 1. The standard InChI is InChI=1S/C23H22FNO5/c1-12(2)20-21(29-16-6-3-14(24)4-7-16)18-8-5-15(26)11-19(18)22(25-20)30-17-9-13(10-17)23(27)28/h3-8,11-13,17,26H,9-10H2,1-2H3,(H,27,28)/t13-,17-. The summed E-state index contributed by atoms with van der Waals surface area (Å²) in [6.45, 7) is 3.94. The molecule has 0 spiro atoms. The van der Waals surface area contributed by atoms with Crippen LogP contribution in [0.2, 0.25) is 0 Å². The first-order valence-corrected chi connectivity index (χ1v) is 9.81. The Morgan fingerprint density at radius 3 is 2.47 bits per heavy atom. The molecule has 0 unspecified atom stereocenters. The number of rotatable bonds is 6. The van der Waals surface area contributed by atoms with E-state index in [2.05, 4.69) is 4.98 Å². The Balaban J connectivity index is 1.77. The maximum absolute atomic E-state index is 13.3. The van der Waals surface area contributed by atoms with E-state index in [4.69, 9.17) is 14.6 Å². The van der Waals surface area contributed by atoms with Crippen molar-refractivity contribution >= 4 is 16.7 Å². The second kappa shape index (κ2) is 7.82. The molecule has 1 aliphatic rings. The van der Waals surface area contributed by atoms with Crippen molar-refractivity contribution in [3.05, 3.63) is 54.0 Å². The van der Waals surface area contributed by atoms with Crippen molar-refractivity contribution in [2.45, 2.75) is 38.7 Å². The number of halogens is 1. The van der Waals surface area contributed by atoms with Crippen LogP contribution in [0.15, 0.2) is 42.5 Å². The molecule has 7 heteroatoms. The van der Waals surface area contributed by atoms with Gasteiger partial charge in [0.15, 0.2) is 5.75 Å². The number of carboxylic acids is 1. The topological polar surface area (TPSA) is 88.9 Å². The van der Waals surface area contributed by atoms with Crippen molar-refractivity contribution < 1.29 is 28.9 Å². The van der Waals surface area contributed by atoms with Crippen LogP contribution in [0, 0.1) is 11.7 Å². The zero-order valence-corrected chi connectivity index (χ0v) is 16.6. The van der Waals surface area contributed by atoms with Gasteiger partial charge in [-0.1, -0.05) is 13.8 Å². The van der Waals surface area contributed by atoms with Crippen molar-refractivity contribution in [1.29, 1.82) is 0 Å². The maximum atomic E-state index is 13.3. The van der Waals surface area contributed by atoms with E-state index in [0.717, 1.165) is 0 Å². The number of ether oxygens (including phenoxy) is 2. The van der Waals surface area contributed by atoms with Crippen molar-refractivity contribution in [3.63, 3.8) is 0 Å². The van der Waals surface area contributed by atoms with E-state index < -0.39 is 11.9 Å². The molecular weight excluding hydrogens is 389 g/mol. The highest BCUT2D eigenvalue weighted by Crippen LogP contribution is 2.42. The number of nitrogens with zero attached hydrogens (tertiary/aromatic N) is 1. The molecular formula is C23H22FNO5. The molecule has 0 atom stereocenters. The van der Waals surface area contributed by atoms with Gasteiger partial charge in [-0.25, -0.2) is 9.37 Å². The Bertz CT molecular complexity index is 1090. The molecule has 4 rings (SSSR count). The van der Waals surface area contributed by atoms with Gasteiger partial charge in [-0.2, -0.15) is 0 Å². The molecule has 0 saturated heterocycles. The third-order valence-electron chi connectivity index (χ3n) is 5.24. The van der Waals surface area contributed by atoms with Crippen LogP contribution in [0.3, 0.4) is 0 Å². The fraction of sp³-hybridized carbons (Fsp3) is 0.304.